The van der Waals surface area contributed by atoms with E-state index in [4.69, 9.17) is 0 Å². The van der Waals surface area contributed by atoms with Gasteiger partial charge in [-0.05, 0) is 42.8 Å². The molecule has 0 bridgehead atoms. The minimum absolute atomic E-state index is 0.0497. The van der Waals surface area contributed by atoms with Crippen LogP contribution in [0.5, 0.6) is 0 Å². The first kappa shape index (κ1) is 16.6. The molecule has 1 saturated heterocycles. The van der Waals surface area contributed by atoms with E-state index in [0.29, 0.717) is 25.9 Å². The average Bonchev–Trinajstić information content (AvgIpc) is 3.10. The molecule has 0 spiro atoms. The van der Waals surface area contributed by atoms with Gasteiger partial charge in [0.1, 0.15) is 5.54 Å². The van der Waals surface area contributed by atoms with Crippen LogP contribution in [0.3, 0.4) is 0 Å². The van der Waals surface area contributed by atoms with Gasteiger partial charge in [-0.15, -0.1) is 11.3 Å². The van der Waals surface area contributed by atoms with E-state index in [9.17, 15) is 9.59 Å². The lowest BCUT2D eigenvalue weighted by Gasteiger charge is -2.49. The maximum atomic E-state index is 12.5. The lowest BCUT2D eigenvalue weighted by Crippen LogP contribution is -2.67. The highest BCUT2D eigenvalue weighted by molar-refractivity contribution is 7.09. The van der Waals surface area contributed by atoms with E-state index < -0.39 is 5.54 Å². The van der Waals surface area contributed by atoms with Crippen molar-refractivity contribution in [3.05, 3.63) is 52.5 Å². The SMILES string of the molecule is CC1(C(=O)NCc2cccnc2)CCN1C(=O)CCc1cccs1. The molecule has 6 heteroatoms. The van der Waals surface area contributed by atoms with Crippen molar-refractivity contribution < 1.29 is 9.59 Å². The Morgan fingerprint density at radius 3 is 2.88 bits per heavy atom. The molecule has 1 atom stereocenters. The largest absolute Gasteiger partial charge is 0.350 e. The van der Waals surface area contributed by atoms with E-state index in [1.54, 1.807) is 28.6 Å². The molecule has 0 aliphatic carbocycles. The zero-order chi connectivity index (χ0) is 17.0. The van der Waals surface area contributed by atoms with Gasteiger partial charge in [0, 0.05) is 36.8 Å². The van der Waals surface area contributed by atoms with Gasteiger partial charge in [-0.2, -0.15) is 0 Å². The first-order valence-electron chi connectivity index (χ1n) is 8.10. The van der Waals surface area contributed by atoms with Crippen molar-refractivity contribution in [2.24, 2.45) is 0 Å². The smallest absolute Gasteiger partial charge is 0.246 e. The van der Waals surface area contributed by atoms with E-state index in [1.165, 1.54) is 4.88 Å². The fourth-order valence-electron chi connectivity index (χ4n) is 2.89. The highest BCUT2D eigenvalue weighted by Crippen LogP contribution is 2.31. The molecule has 0 saturated carbocycles. The monoisotopic (exact) mass is 343 g/mol. The van der Waals surface area contributed by atoms with E-state index in [0.717, 1.165) is 12.0 Å². The number of likely N-dealkylation sites (tertiary alicyclic amines) is 1. The molecule has 0 radical (unpaired) electrons. The molecule has 1 unspecified atom stereocenters. The molecule has 126 valence electrons. The Morgan fingerprint density at radius 1 is 1.38 bits per heavy atom. The van der Waals surface area contributed by atoms with Crippen LogP contribution in [0.4, 0.5) is 0 Å². The second-order valence-corrected chi connectivity index (χ2v) is 7.22. The Hall–Kier alpha value is -2.21. The summed E-state index contributed by atoms with van der Waals surface area (Å²) in [5, 5.41) is 4.94. The highest BCUT2D eigenvalue weighted by Gasteiger charge is 2.48. The van der Waals surface area contributed by atoms with Crippen molar-refractivity contribution in [2.45, 2.75) is 38.3 Å². The topological polar surface area (TPSA) is 62.3 Å². The van der Waals surface area contributed by atoms with E-state index in [-0.39, 0.29) is 11.8 Å². The van der Waals surface area contributed by atoms with Crippen LogP contribution in [0, 0.1) is 0 Å². The molecule has 1 aliphatic heterocycles. The number of thiophene rings is 1. The van der Waals surface area contributed by atoms with Crippen LogP contribution < -0.4 is 5.32 Å². The standard InChI is InChI=1S/C18H21N3O2S/c1-18(17(23)20-13-14-4-2-9-19-12-14)8-10-21(18)16(22)7-6-15-5-3-11-24-15/h2-5,9,11-12H,6-8,10,13H2,1H3,(H,20,23). The Kier molecular flexibility index (Phi) is 4.94. The van der Waals surface area contributed by atoms with Crippen LogP contribution in [-0.2, 0) is 22.6 Å². The van der Waals surface area contributed by atoms with Gasteiger partial charge in [-0.25, -0.2) is 0 Å². The Morgan fingerprint density at radius 2 is 2.25 bits per heavy atom. The van der Waals surface area contributed by atoms with Crippen molar-refractivity contribution in [3.8, 4) is 0 Å². The maximum absolute atomic E-state index is 12.5. The van der Waals surface area contributed by atoms with Gasteiger partial charge in [-0.1, -0.05) is 12.1 Å². The predicted octanol–water partition coefficient (Wildman–Crippen LogP) is 2.38. The van der Waals surface area contributed by atoms with Gasteiger partial charge in [0.15, 0.2) is 0 Å². The minimum Gasteiger partial charge on any atom is -0.350 e. The summed E-state index contributed by atoms with van der Waals surface area (Å²) >= 11 is 1.66. The maximum Gasteiger partial charge on any atom is 0.246 e. The molecule has 2 aromatic heterocycles. The number of hydrogen-bond donors (Lipinski definition) is 1. The first-order valence-corrected chi connectivity index (χ1v) is 8.97. The molecule has 2 amide bonds. The summed E-state index contributed by atoms with van der Waals surface area (Å²) in [6, 6.07) is 7.78. The van der Waals surface area contributed by atoms with Crippen LogP contribution in [0.1, 0.15) is 30.2 Å². The number of rotatable bonds is 6. The van der Waals surface area contributed by atoms with Crippen LogP contribution in [0.15, 0.2) is 42.0 Å². The molecular formula is C18H21N3O2S. The van der Waals surface area contributed by atoms with Gasteiger partial charge in [0.25, 0.3) is 0 Å². The first-order chi connectivity index (χ1) is 11.6. The van der Waals surface area contributed by atoms with Gasteiger partial charge in [0.05, 0.1) is 0 Å². The van der Waals surface area contributed by atoms with Crippen LogP contribution in [0.2, 0.25) is 0 Å². The van der Waals surface area contributed by atoms with Crippen molar-refractivity contribution in [1.29, 1.82) is 0 Å². The zero-order valence-corrected chi connectivity index (χ0v) is 14.5. The molecule has 0 aromatic carbocycles. The summed E-state index contributed by atoms with van der Waals surface area (Å²) < 4.78 is 0. The molecule has 3 rings (SSSR count). The number of carbonyl (C=O) groups is 2. The molecular weight excluding hydrogens is 322 g/mol. The quantitative estimate of drug-likeness (QED) is 0.876. The van der Waals surface area contributed by atoms with Crippen molar-refractivity contribution in [1.82, 2.24) is 15.2 Å². The number of hydrogen-bond acceptors (Lipinski definition) is 4. The summed E-state index contributed by atoms with van der Waals surface area (Å²) in [6.45, 7) is 2.93. The number of amides is 2. The van der Waals surface area contributed by atoms with Crippen molar-refractivity contribution in [3.63, 3.8) is 0 Å². The number of carbonyl (C=O) groups excluding carboxylic acids is 2. The second-order valence-electron chi connectivity index (χ2n) is 6.19. The van der Waals surface area contributed by atoms with Crippen molar-refractivity contribution in [2.75, 3.05) is 6.54 Å². The Balaban J connectivity index is 1.54. The molecule has 2 aromatic rings. The third-order valence-electron chi connectivity index (χ3n) is 4.55. The fraction of sp³-hybridized carbons (Fsp3) is 0.389. The number of nitrogens with zero attached hydrogens (tertiary/aromatic N) is 2. The van der Waals surface area contributed by atoms with Gasteiger partial charge >= 0.3 is 0 Å². The summed E-state index contributed by atoms with van der Waals surface area (Å²) in [5.41, 5.74) is 0.221. The molecule has 1 N–H and O–H groups in total. The lowest BCUT2D eigenvalue weighted by molar-refractivity contribution is -0.157. The van der Waals surface area contributed by atoms with E-state index >= 15 is 0 Å². The number of aryl methyl sites for hydroxylation is 1. The molecule has 1 aliphatic rings. The highest BCUT2D eigenvalue weighted by atomic mass is 32.1. The van der Waals surface area contributed by atoms with Gasteiger partial charge < -0.3 is 10.2 Å². The molecule has 1 fully saturated rings. The lowest BCUT2D eigenvalue weighted by atomic mass is 9.85. The Bertz CT molecular complexity index is 702. The third-order valence-corrected chi connectivity index (χ3v) is 5.49. The molecule has 24 heavy (non-hydrogen) atoms. The summed E-state index contributed by atoms with van der Waals surface area (Å²) in [6.07, 6.45) is 5.32. The summed E-state index contributed by atoms with van der Waals surface area (Å²) in [7, 11) is 0. The summed E-state index contributed by atoms with van der Waals surface area (Å²) in [5.74, 6) is -0.0456. The van der Waals surface area contributed by atoms with Gasteiger partial charge in [-0.3, -0.25) is 14.6 Å². The second kappa shape index (κ2) is 7.13. The normalized spacial score (nSPS) is 19.6. The average molecular weight is 343 g/mol. The van der Waals surface area contributed by atoms with Crippen molar-refractivity contribution >= 4 is 23.2 Å². The van der Waals surface area contributed by atoms with E-state index in [2.05, 4.69) is 10.3 Å². The van der Waals surface area contributed by atoms with Gasteiger partial charge in [0.2, 0.25) is 11.8 Å². The van der Waals surface area contributed by atoms with Crippen LogP contribution in [-0.4, -0.2) is 33.8 Å². The van der Waals surface area contributed by atoms with Crippen LogP contribution >= 0.6 is 11.3 Å². The minimum atomic E-state index is -0.727. The van der Waals surface area contributed by atoms with Crippen LogP contribution in [0.25, 0.3) is 0 Å². The zero-order valence-electron chi connectivity index (χ0n) is 13.7. The van der Waals surface area contributed by atoms with E-state index in [1.807, 2.05) is 36.6 Å². The third kappa shape index (κ3) is 3.48. The Labute approximate surface area is 145 Å². The predicted molar refractivity (Wildman–Crippen MR) is 93.5 cm³/mol. The molecule has 5 nitrogen and oxygen atoms in total. The summed E-state index contributed by atoms with van der Waals surface area (Å²) in [4.78, 5) is 31.9. The number of aromatic nitrogens is 1. The number of nitrogens with one attached hydrogen (secondary N) is 1. The fourth-order valence-corrected chi connectivity index (χ4v) is 3.60. The number of pyridine rings is 1. The molecule has 3 heterocycles.